The van der Waals surface area contributed by atoms with Gasteiger partial charge in [-0.25, -0.2) is 13.4 Å². The number of amides is 1. The van der Waals surface area contributed by atoms with Gasteiger partial charge in [-0.15, -0.1) is 11.3 Å². The van der Waals surface area contributed by atoms with E-state index in [4.69, 9.17) is 4.74 Å². The van der Waals surface area contributed by atoms with E-state index in [0.717, 1.165) is 16.8 Å². The van der Waals surface area contributed by atoms with Crippen LogP contribution in [0.3, 0.4) is 0 Å². The first-order valence-corrected chi connectivity index (χ1v) is 11.6. The lowest BCUT2D eigenvalue weighted by Gasteiger charge is -2.16. The molecule has 0 radical (unpaired) electrons. The Labute approximate surface area is 179 Å². The van der Waals surface area contributed by atoms with Gasteiger partial charge in [0.25, 0.3) is 10.0 Å². The van der Waals surface area contributed by atoms with Crippen LogP contribution in [-0.4, -0.2) is 33.5 Å². The summed E-state index contributed by atoms with van der Waals surface area (Å²) in [4.78, 5) is 18.7. The summed E-state index contributed by atoms with van der Waals surface area (Å²) in [6.07, 6.45) is 0. The summed E-state index contributed by atoms with van der Waals surface area (Å²) in [5.74, 6) is 0.620. The van der Waals surface area contributed by atoms with Crippen LogP contribution in [0.1, 0.15) is 19.4 Å². The Kier molecular flexibility index (Phi) is 4.82. The smallest absolute Gasteiger partial charge is 0.263 e. The topological polar surface area (TPSA) is 88.6 Å². The van der Waals surface area contributed by atoms with Crippen molar-refractivity contribution in [3.05, 3.63) is 53.4 Å². The van der Waals surface area contributed by atoms with Crippen LogP contribution in [0.25, 0.3) is 11.3 Å². The van der Waals surface area contributed by atoms with Crippen molar-refractivity contribution in [3.63, 3.8) is 0 Å². The van der Waals surface area contributed by atoms with Gasteiger partial charge in [-0.05, 0) is 55.8 Å². The highest BCUT2D eigenvalue weighted by Crippen LogP contribution is 2.42. The molecule has 4 rings (SSSR count). The zero-order chi connectivity index (χ0) is 21.7. The summed E-state index contributed by atoms with van der Waals surface area (Å²) in [5.41, 5.74) is 2.67. The summed E-state index contributed by atoms with van der Waals surface area (Å²) in [6, 6.07) is 11.9. The highest BCUT2D eigenvalue weighted by Gasteiger charge is 2.42. The molecular weight excluding hydrogens is 422 g/mol. The van der Waals surface area contributed by atoms with Gasteiger partial charge in [0.1, 0.15) is 5.75 Å². The van der Waals surface area contributed by atoms with Gasteiger partial charge in [-0.2, -0.15) is 0 Å². The molecule has 9 heteroatoms. The Morgan fingerprint density at radius 1 is 1.13 bits per heavy atom. The van der Waals surface area contributed by atoms with E-state index in [-0.39, 0.29) is 15.9 Å². The lowest BCUT2D eigenvalue weighted by Crippen LogP contribution is -2.33. The standard InChI is InChI=1S/C21H21N3O4S2/c1-21(2)16-11-13(5-10-18(16)24(3)19(21)25)17-12-29-20(22-17)23-30(26,27)15-8-6-14(28-4)7-9-15/h5-12H,1-4H3,(H,22,23). The molecule has 1 N–H and O–H groups in total. The quantitative estimate of drug-likeness (QED) is 0.647. The number of fused-ring (bicyclic) bond motifs is 1. The highest BCUT2D eigenvalue weighted by atomic mass is 32.2. The molecule has 1 amide bonds. The molecule has 7 nitrogen and oxygen atoms in total. The lowest BCUT2D eigenvalue weighted by molar-refractivity contribution is -0.121. The van der Waals surface area contributed by atoms with Crippen LogP contribution in [0.5, 0.6) is 5.75 Å². The van der Waals surface area contributed by atoms with Crippen LogP contribution < -0.4 is 14.4 Å². The van der Waals surface area contributed by atoms with Gasteiger partial charge in [-0.1, -0.05) is 6.07 Å². The van der Waals surface area contributed by atoms with Gasteiger partial charge in [0.15, 0.2) is 5.13 Å². The molecule has 1 aromatic heterocycles. The second-order valence-electron chi connectivity index (χ2n) is 7.54. The molecule has 0 atom stereocenters. The maximum Gasteiger partial charge on any atom is 0.263 e. The number of hydrogen-bond acceptors (Lipinski definition) is 6. The van der Waals surface area contributed by atoms with Crippen LogP contribution in [0, 0.1) is 0 Å². The lowest BCUT2D eigenvalue weighted by atomic mass is 9.85. The Bertz CT molecular complexity index is 1230. The summed E-state index contributed by atoms with van der Waals surface area (Å²) in [6.45, 7) is 3.80. The van der Waals surface area contributed by atoms with Crippen LogP contribution >= 0.6 is 11.3 Å². The molecule has 30 heavy (non-hydrogen) atoms. The number of anilines is 2. The molecule has 0 fully saturated rings. The molecule has 0 bridgehead atoms. The Hall–Kier alpha value is -2.91. The third-order valence-electron chi connectivity index (χ3n) is 5.26. The van der Waals surface area contributed by atoms with Crippen LogP contribution in [0.15, 0.2) is 52.7 Å². The molecule has 1 aliphatic rings. The zero-order valence-electron chi connectivity index (χ0n) is 17.0. The molecule has 0 saturated heterocycles. The summed E-state index contributed by atoms with van der Waals surface area (Å²) in [7, 11) is -0.470. The van der Waals surface area contributed by atoms with Crippen molar-refractivity contribution >= 4 is 38.1 Å². The molecule has 156 valence electrons. The average Bonchev–Trinajstić information content (AvgIpc) is 3.25. The Morgan fingerprint density at radius 2 is 1.83 bits per heavy atom. The highest BCUT2D eigenvalue weighted by molar-refractivity contribution is 7.93. The largest absolute Gasteiger partial charge is 0.497 e. The molecule has 1 aliphatic heterocycles. The van der Waals surface area contributed by atoms with Gasteiger partial charge in [0, 0.05) is 23.7 Å². The maximum atomic E-state index is 12.6. The van der Waals surface area contributed by atoms with Crippen molar-refractivity contribution in [2.45, 2.75) is 24.2 Å². The zero-order valence-corrected chi connectivity index (χ0v) is 18.6. The van der Waals surface area contributed by atoms with Crippen molar-refractivity contribution in [2.75, 3.05) is 23.8 Å². The molecule has 3 aromatic rings. The number of aromatic nitrogens is 1. The van der Waals surface area contributed by atoms with Crippen molar-refractivity contribution in [1.82, 2.24) is 4.98 Å². The normalized spacial score (nSPS) is 15.2. The minimum Gasteiger partial charge on any atom is -0.497 e. The number of thiazole rings is 1. The molecule has 0 aliphatic carbocycles. The Morgan fingerprint density at radius 3 is 2.50 bits per heavy atom. The number of sulfonamides is 1. The Balaban J connectivity index is 1.61. The maximum absolute atomic E-state index is 12.6. The second-order valence-corrected chi connectivity index (χ2v) is 10.1. The van der Waals surface area contributed by atoms with Crippen molar-refractivity contribution in [1.29, 1.82) is 0 Å². The number of benzene rings is 2. The minimum absolute atomic E-state index is 0.0425. The first kappa shape index (κ1) is 20.4. The number of nitrogens with zero attached hydrogens (tertiary/aromatic N) is 2. The fourth-order valence-corrected chi connectivity index (χ4v) is 5.49. The predicted octanol–water partition coefficient (Wildman–Crippen LogP) is 3.87. The van der Waals surface area contributed by atoms with Crippen LogP contribution in [0.4, 0.5) is 10.8 Å². The van der Waals surface area contributed by atoms with E-state index in [1.807, 2.05) is 32.0 Å². The third kappa shape index (κ3) is 3.33. The van der Waals surface area contributed by atoms with Crippen LogP contribution in [-0.2, 0) is 20.2 Å². The van der Waals surface area contributed by atoms with Gasteiger partial charge in [0.05, 0.1) is 23.1 Å². The first-order chi connectivity index (χ1) is 14.1. The monoisotopic (exact) mass is 443 g/mol. The van der Waals surface area contributed by atoms with Crippen molar-refractivity contribution in [2.24, 2.45) is 0 Å². The van der Waals surface area contributed by atoms with E-state index in [2.05, 4.69) is 9.71 Å². The number of nitrogens with one attached hydrogen (secondary N) is 1. The van der Waals surface area contributed by atoms with Crippen LogP contribution in [0.2, 0.25) is 0 Å². The SMILES string of the molecule is COc1ccc(S(=O)(=O)Nc2nc(-c3ccc4c(c3)C(C)(C)C(=O)N4C)cs2)cc1. The number of hydrogen-bond donors (Lipinski definition) is 1. The van der Waals surface area contributed by atoms with E-state index in [0.29, 0.717) is 11.4 Å². The number of likely N-dealkylation sites (N-methyl/N-ethyl adjacent to an activating group) is 1. The molecule has 0 spiro atoms. The van der Waals surface area contributed by atoms with E-state index in [1.165, 1.54) is 30.6 Å². The molecular formula is C21H21N3O4S2. The second kappa shape index (κ2) is 7.10. The predicted molar refractivity (Wildman–Crippen MR) is 118 cm³/mol. The molecule has 0 unspecified atom stereocenters. The average molecular weight is 444 g/mol. The summed E-state index contributed by atoms with van der Waals surface area (Å²) >= 11 is 1.20. The number of ether oxygens (including phenoxy) is 1. The number of carbonyl (C=O) groups excluding carboxylic acids is 1. The number of rotatable bonds is 5. The van der Waals surface area contributed by atoms with Gasteiger partial charge in [0.2, 0.25) is 5.91 Å². The fourth-order valence-electron chi connectivity index (χ4n) is 3.51. The summed E-state index contributed by atoms with van der Waals surface area (Å²) in [5, 5.41) is 2.06. The number of carbonyl (C=O) groups is 1. The molecule has 2 aromatic carbocycles. The van der Waals surface area contributed by atoms with E-state index in [1.54, 1.807) is 29.5 Å². The summed E-state index contributed by atoms with van der Waals surface area (Å²) < 4.78 is 32.8. The van der Waals surface area contributed by atoms with Crippen molar-refractivity contribution in [3.8, 4) is 17.0 Å². The minimum atomic E-state index is -3.76. The van der Waals surface area contributed by atoms with Gasteiger partial charge >= 0.3 is 0 Å². The fraction of sp³-hybridized carbons (Fsp3) is 0.238. The van der Waals surface area contributed by atoms with Gasteiger partial charge < -0.3 is 9.64 Å². The third-order valence-corrected chi connectivity index (χ3v) is 7.50. The molecule has 2 heterocycles. The number of methoxy groups -OCH3 is 1. The van der Waals surface area contributed by atoms with Crippen molar-refractivity contribution < 1.29 is 17.9 Å². The first-order valence-electron chi connectivity index (χ1n) is 9.19. The van der Waals surface area contributed by atoms with E-state index < -0.39 is 15.4 Å². The van der Waals surface area contributed by atoms with E-state index in [9.17, 15) is 13.2 Å². The van der Waals surface area contributed by atoms with Gasteiger partial charge in [-0.3, -0.25) is 9.52 Å². The van der Waals surface area contributed by atoms with E-state index >= 15 is 0 Å². The molecule has 0 saturated carbocycles.